The summed E-state index contributed by atoms with van der Waals surface area (Å²) in [5, 5.41) is 3.55. The molecule has 0 spiro atoms. The van der Waals surface area contributed by atoms with Gasteiger partial charge < -0.3 is 15.0 Å². The summed E-state index contributed by atoms with van der Waals surface area (Å²) in [5.74, 6) is 0. The molecule has 1 N–H and O–H groups in total. The summed E-state index contributed by atoms with van der Waals surface area (Å²) in [6, 6.07) is 0.817. The third kappa shape index (κ3) is 4.09. The highest BCUT2D eigenvalue weighted by atomic mass is 16.6. The van der Waals surface area contributed by atoms with E-state index >= 15 is 0 Å². The summed E-state index contributed by atoms with van der Waals surface area (Å²) in [6.07, 6.45) is 2.41. The van der Waals surface area contributed by atoms with Crippen molar-refractivity contribution in [3.63, 3.8) is 0 Å². The number of amides is 1. The van der Waals surface area contributed by atoms with E-state index in [4.69, 9.17) is 4.74 Å². The first-order chi connectivity index (χ1) is 9.37. The van der Waals surface area contributed by atoms with Gasteiger partial charge in [0.1, 0.15) is 5.60 Å². The molecular weight excluding hydrogens is 254 g/mol. The molecule has 2 aliphatic rings. The van der Waals surface area contributed by atoms with Crippen LogP contribution in [0.3, 0.4) is 0 Å². The molecular formula is C15H29N3O2. The maximum Gasteiger partial charge on any atom is 0.410 e. The molecule has 0 bridgehead atoms. The van der Waals surface area contributed by atoms with E-state index in [1.807, 2.05) is 25.7 Å². The second-order valence-corrected chi connectivity index (χ2v) is 6.97. The quantitative estimate of drug-likeness (QED) is 0.837. The van der Waals surface area contributed by atoms with Crippen molar-refractivity contribution in [1.82, 2.24) is 15.1 Å². The Morgan fingerprint density at radius 2 is 1.90 bits per heavy atom. The van der Waals surface area contributed by atoms with Gasteiger partial charge in [-0.3, -0.25) is 4.90 Å². The van der Waals surface area contributed by atoms with Gasteiger partial charge >= 0.3 is 6.09 Å². The largest absolute Gasteiger partial charge is 0.444 e. The normalized spacial score (nSPS) is 26.6. The summed E-state index contributed by atoms with van der Waals surface area (Å²) in [7, 11) is 0. The molecule has 0 saturated carbocycles. The standard InChI is InChI=1S/C15H29N3O2/c1-12(17-8-5-6-9-17)13-11-18(10-7-16-13)14(19)20-15(2,3)4/h12-13,16H,5-11H2,1-4H3/t12-,13+/m0/s1. The van der Waals surface area contributed by atoms with Gasteiger partial charge in [0.05, 0.1) is 0 Å². The highest BCUT2D eigenvalue weighted by Crippen LogP contribution is 2.17. The Morgan fingerprint density at radius 3 is 2.50 bits per heavy atom. The Balaban J connectivity index is 1.89. The molecule has 0 aromatic carbocycles. The Bertz CT molecular complexity index is 335. The third-order valence-corrected chi connectivity index (χ3v) is 4.16. The van der Waals surface area contributed by atoms with Gasteiger partial charge in [-0.1, -0.05) is 0 Å². The molecule has 0 aromatic rings. The number of ether oxygens (including phenoxy) is 1. The van der Waals surface area contributed by atoms with Crippen LogP contribution in [0.5, 0.6) is 0 Å². The Morgan fingerprint density at radius 1 is 1.25 bits per heavy atom. The van der Waals surface area contributed by atoms with Crippen LogP contribution in [0.1, 0.15) is 40.5 Å². The fourth-order valence-corrected chi connectivity index (χ4v) is 3.00. The van der Waals surface area contributed by atoms with Crippen molar-refractivity contribution in [2.45, 2.75) is 58.2 Å². The summed E-state index contributed by atoms with van der Waals surface area (Å²) in [4.78, 5) is 16.5. The van der Waals surface area contributed by atoms with Gasteiger partial charge in [-0.05, 0) is 53.6 Å². The molecule has 1 amide bonds. The van der Waals surface area contributed by atoms with Gasteiger partial charge in [0.15, 0.2) is 0 Å². The van der Waals surface area contributed by atoms with Gasteiger partial charge in [0.2, 0.25) is 0 Å². The Hall–Kier alpha value is -0.810. The van der Waals surface area contributed by atoms with Crippen LogP contribution < -0.4 is 5.32 Å². The number of nitrogens with one attached hydrogen (secondary N) is 1. The fraction of sp³-hybridized carbons (Fsp3) is 0.933. The molecule has 2 aliphatic heterocycles. The molecule has 0 radical (unpaired) electrons. The Labute approximate surface area is 122 Å². The monoisotopic (exact) mass is 283 g/mol. The predicted molar refractivity (Wildman–Crippen MR) is 79.9 cm³/mol. The third-order valence-electron chi connectivity index (χ3n) is 4.16. The van der Waals surface area contributed by atoms with Crippen molar-refractivity contribution < 1.29 is 9.53 Å². The molecule has 0 aliphatic carbocycles. The zero-order chi connectivity index (χ0) is 14.8. The molecule has 2 saturated heterocycles. The van der Waals surface area contributed by atoms with Gasteiger partial charge in [-0.15, -0.1) is 0 Å². The first-order valence-corrected chi connectivity index (χ1v) is 7.82. The van der Waals surface area contributed by atoms with Gasteiger partial charge in [-0.25, -0.2) is 4.79 Å². The molecule has 2 rings (SSSR count). The van der Waals surface area contributed by atoms with Crippen LogP contribution in [0.25, 0.3) is 0 Å². The van der Waals surface area contributed by atoms with Crippen LogP contribution in [0, 0.1) is 0 Å². The van der Waals surface area contributed by atoms with Crippen molar-refractivity contribution in [2.75, 3.05) is 32.7 Å². The maximum absolute atomic E-state index is 12.2. The SMILES string of the molecule is C[C@@H]([C@H]1CN(C(=O)OC(C)(C)C)CCN1)N1CCCC1. The molecule has 5 heteroatoms. The average molecular weight is 283 g/mol. The minimum atomic E-state index is -0.419. The van der Waals surface area contributed by atoms with Crippen molar-refractivity contribution in [3.8, 4) is 0 Å². The number of likely N-dealkylation sites (tertiary alicyclic amines) is 1. The van der Waals surface area contributed by atoms with E-state index in [1.54, 1.807) is 0 Å². The van der Waals surface area contributed by atoms with Crippen LogP contribution in [0.2, 0.25) is 0 Å². The summed E-state index contributed by atoms with van der Waals surface area (Å²) < 4.78 is 5.48. The zero-order valence-electron chi connectivity index (χ0n) is 13.3. The number of carbonyl (C=O) groups is 1. The molecule has 2 fully saturated rings. The zero-order valence-corrected chi connectivity index (χ0v) is 13.3. The maximum atomic E-state index is 12.2. The van der Waals surface area contributed by atoms with Crippen LogP contribution in [0.4, 0.5) is 4.79 Å². The van der Waals surface area contributed by atoms with Crippen molar-refractivity contribution >= 4 is 6.09 Å². The molecule has 2 heterocycles. The number of rotatable bonds is 2. The van der Waals surface area contributed by atoms with Crippen molar-refractivity contribution in [1.29, 1.82) is 0 Å². The van der Waals surface area contributed by atoms with Crippen LogP contribution in [-0.2, 0) is 4.74 Å². The molecule has 0 aromatic heterocycles. The molecule has 116 valence electrons. The topological polar surface area (TPSA) is 44.8 Å². The van der Waals surface area contributed by atoms with E-state index in [0.29, 0.717) is 12.1 Å². The fourth-order valence-electron chi connectivity index (χ4n) is 3.00. The van der Waals surface area contributed by atoms with E-state index in [-0.39, 0.29) is 6.09 Å². The Kier molecular flexibility index (Phi) is 4.91. The summed E-state index contributed by atoms with van der Waals surface area (Å²) in [5.41, 5.74) is -0.419. The summed E-state index contributed by atoms with van der Waals surface area (Å²) >= 11 is 0. The van der Waals surface area contributed by atoms with Gasteiger partial charge in [-0.2, -0.15) is 0 Å². The van der Waals surface area contributed by atoms with Gasteiger partial charge in [0.25, 0.3) is 0 Å². The van der Waals surface area contributed by atoms with E-state index in [9.17, 15) is 4.79 Å². The van der Waals surface area contributed by atoms with E-state index in [0.717, 1.165) is 19.6 Å². The number of hydrogen-bond acceptors (Lipinski definition) is 4. The molecule has 20 heavy (non-hydrogen) atoms. The van der Waals surface area contributed by atoms with Crippen LogP contribution in [0.15, 0.2) is 0 Å². The number of hydrogen-bond donors (Lipinski definition) is 1. The number of carbonyl (C=O) groups excluding carboxylic acids is 1. The van der Waals surface area contributed by atoms with Crippen LogP contribution >= 0.6 is 0 Å². The minimum absolute atomic E-state index is 0.183. The van der Waals surface area contributed by atoms with E-state index < -0.39 is 5.60 Å². The number of piperazine rings is 1. The lowest BCUT2D eigenvalue weighted by Crippen LogP contribution is -2.60. The lowest BCUT2D eigenvalue weighted by atomic mass is 10.1. The highest BCUT2D eigenvalue weighted by molar-refractivity contribution is 5.68. The second kappa shape index (κ2) is 6.31. The number of nitrogens with zero attached hydrogens (tertiary/aromatic N) is 2. The predicted octanol–water partition coefficient (Wildman–Crippen LogP) is 1.68. The van der Waals surface area contributed by atoms with E-state index in [1.165, 1.54) is 25.9 Å². The lowest BCUT2D eigenvalue weighted by molar-refractivity contribution is 0.0159. The molecule has 0 unspecified atom stereocenters. The van der Waals surface area contributed by atoms with Gasteiger partial charge in [0, 0.05) is 31.7 Å². The van der Waals surface area contributed by atoms with Crippen molar-refractivity contribution in [3.05, 3.63) is 0 Å². The van der Waals surface area contributed by atoms with E-state index in [2.05, 4.69) is 17.1 Å². The first kappa shape index (κ1) is 15.6. The highest BCUT2D eigenvalue weighted by Gasteiger charge is 2.32. The lowest BCUT2D eigenvalue weighted by Gasteiger charge is -2.40. The first-order valence-electron chi connectivity index (χ1n) is 7.82. The smallest absolute Gasteiger partial charge is 0.410 e. The van der Waals surface area contributed by atoms with Crippen molar-refractivity contribution in [2.24, 2.45) is 0 Å². The average Bonchev–Trinajstić information content (AvgIpc) is 2.90. The minimum Gasteiger partial charge on any atom is -0.444 e. The molecule has 2 atom stereocenters. The van der Waals surface area contributed by atoms with Crippen LogP contribution in [-0.4, -0.2) is 66.3 Å². The second-order valence-electron chi connectivity index (χ2n) is 6.97. The summed E-state index contributed by atoms with van der Waals surface area (Å²) in [6.45, 7) is 12.7. The molecule has 5 nitrogen and oxygen atoms in total.